The van der Waals surface area contributed by atoms with Gasteiger partial charge in [-0.2, -0.15) is 0 Å². The lowest BCUT2D eigenvalue weighted by atomic mass is 9.73. The molecule has 6 nitrogen and oxygen atoms in total. The minimum atomic E-state index is -0.145. The highest BCUT2D eigenvalue weighted by Gasteiger charge is 2.36. The first-order chi connectivity index (χ1) is 12.9. The SMILES string of the molecule is CCC(C)(C)C1COCC(N2CCN(c3ccc(C(=O)NC)nc3)CC2)C1. The topological polar surface area (TPSA) is 57.7 Å². The van der Waals surface area contributed by atoms with Crippen molar-refractivity contribution in [3.05, 3.63) is 24.0 Å². The van der Waals surface area contributed by atoms with E-state index in [0.717, 1.165) is 45.1 Å². The van der Waals surface area contributed by atoms with E-state index >= 15 is 0 Å². The summed E-state index contributed by atoms with van der Waals surface area (Å²) >= 11 is 0. The Kier molecular flexibility index (Phi) is 6.37. The minimum Gasteiger partial charge on any atom is -0.380 e. The molecule has 1 amide bonds. The number of carbonyl (C=O) groups is 1. The van der Waals surface area contributed by atoms with Crippen molar-refractivity contribution >= 4 is 11.6 Å². The third-order valence-corrected chi connectivity index (χ3v) is 6.61. The zero-order chi connectivity index (χ0) is 19.4. The molecule has 2 atom stereocenters. The number of anilines is 1. The van der Waals surface area contributed by atoms with Crippen LogP contribution in [-0.2, 0) is 4.74 Å². The predicted octanol–water partition coefficient (Wildman–Crippen LogP) is 2.40. The van der Waals surface area contributed by atoms with Crippen molar-refractivity contribution in [2.45, 2.75) is 39.7 Å². The van der Waals surface area contributed by atoms with Gasteiger partial charge in [-0.05, 0) is 29.9 Å². The molecule has 2 unspecified atom stereocenters. The largest absolute Gasteiger partial charge is 0.380 e. The van der Waals surface area contributed by atoms with Crippen LogP contribution in [0.25, 0.3) is 0 Å². The maximum atomic E-state index is 11.6. The fraction of sp³-hybridized carbons (Fsp3) is 0.714. The van der Waals surface area contributed by atoms with Crippen LogP contribution in [0.3, 0.4) is 0 Å². The standard InChI is InChI=1S/C21H34N4O2/c1-5-21(2,3)16-12-18(15-27-14-16)25-10-8-24(9-11-25)17-6-7-19(23-13-17)20(26)22-4/h6-7,13,16,18H,5,8-12,14-15H2,1-4H3,(H,22,26). The monoisotopic (exact) mass is 374 g/mol. The summed E-state index contributed by atoms with van der Waals surface area (Å²) in [5.41, 5.74) is 1.90. The van der Waals surface area contributed by atoms with Gasteiger partial charge in [0.1, 0.15) is 5.69 Å². The molecule has 27 heavy (non-hydrogen) atoms. The number of hydrogen-bond acceptors (Lipinski definition) is 5. The maximum Gasteiger partial charge on any atom is 0.269 e. The molecular formula is C21H34N4O2. The zero-order valence-electron chi connectivity index (χ0n) is 17.2. The quantitative estimate of drug-likeness (QED) is 0.858. The van der Waals surface area contributed by atoms with Gasteiger partial charge in [0, 0.05) is 39.3 Å². The van der Waals surface area contributed by atoms with Gasteiger partial charge in [0.15, 0.2) is 0 Å². The van der Waals surface area contributed by atoms with E-state index in [1.807, 2.05) is 12.3 Å². The summed E-state index contributed by atoms with van der Waals surface area (Å²) in [6.07, 6.45) is 4.24. The molecule has 3 rings (SSSR count). The van der Waals surface area contributed by atoms with Crippen LogP contribution in [0.5, 0.6) is 0 Å². The van der Waals surface area contributed by atoms with E-state index in [0.29, 0.717) is 23.1 Å². The summed E-state index contributed by atoms with van der Waals surface area (Å²) in [6.45, 7) is 12.9. The first-order valence-corrected chi connectivity index (χ1v) is 10.2. The highest BCUT2D eigenvalue weighted by Crippen LogP contribution is 2.37. The molecule has 6 heteroatoms. The second-order valence-corrected chi connectivity index (χ2v) is 8.47. The molecule has 1 N–H and O–H groups in total. The van der Waals surface area contributed by atoms with Gasteiger partial charge in [-0.15, -0.1) is 0 Å². The molecule has 0 aromatic carbocycles. The third-order valence-electron chi connectivity index (χ3n) is 6.61. The van der Waals surface area contributed by atoms with Crippen LogP contribution in [0.15, 0.2) is 18.3 Å². The minimum absolute atomic E-state index is 0.145. The summed E-state index contributed by atoms with van der Waals surface area (Å²) < 4.78 is 5.99. The number of nitrogens with zero attached hydrogens (tertiary/aromatic N) is 3. The van der Waals surface area contributed by atoms with Gasteiger partial charge in [-0.1, -0.05) is 27.2 Å². The van der Waals surface area contributed by atoms with Gasteiger partial charge in [0.25, 0.3) is 5.91 Å². The van der Waals surface area contributed by atoms with Crippen molar-refractivity contribution in [3.63, 3.8) is 0 Å². The highest BCUT2D eigenvalue weighted by atomic mass is 16.5. The van der Waals surface area contributed by atoms with Gasteiger partial charge in [-0.3, -0.25) is 9.69 Å². The average Bonchev–Trinajstić information content (AvgIpc) is 2.73. The van der Waals surface area contributed by atoms with Gasteiger partial charge >= 0.3 is 0 Å². The van der Waals surface area contributed by atoms with Crippen molar-refractivity contribution in [1.29, 1.82) is 0 Å². The molecule has 0 saturated carbocycles. The van der Waals surface area contributed by atoms with Crippen molar-refractivity contribution in [2.24, 2.45) is 11.3 Å². The molecule has 1 aromatic rings. The number of pyridine rings is 1. The van der Waals surface area contributed by atoms with Crippen molar-refractivity contribution in [3.8, 4) is 0 Å². The van der Waals surface area contributed by atoms with Crippen LogP contribution in [0.1, 0.15) is 44.1 Å². The summed E-state index contributed by atoms with van der Waals surface area (Å²) in [6, 6.07) is 4.33. The van der Waals surface area contributed by atoms with Gasteiger partial charge < -0.3 is 15.0 Å². The lowest BCUT2D eigenvalue weighted by Crippen LogP contribution is -2.54. The number of hydrogen-bond donors (Lipinski definition) is 1. The first kappa shape index (κ1) is 20.1. The molecule has 1 aromatic heterocycles. The van der Waals surface area contributed by atoms with Crippen LogP contribution >= 0.6 is 0 Å². The number of carbonyl (C=O) groups excluding carboxylic acids is 1. The fourth-order valence-electron chi connectivity index (χ4n) is 4.08. The molecule has 0 radical (unpaired) electrons. The van der Waals surface area contributed by atoms with E-state index in [-0.39, 0.29) is 5.91 Å². The average molecular weight is 375 g/mol. The Bertz CT molecular complexity index is 624. The molecule has 0 spiro atoms. The van der Waals surface area contributed by atoms with Crippen LogP contribution < -0.4 is 10.2 Å². The molecule has 150 valence electrons. The highest BCUT2D eigenvalue weighted by molar-refractivity contribution is 5.92. The normalized spacial score (nSPS) is 24.7. The maximum absolute atomic E-state index is 11.6. The van der Waals surface area contributed by atoms with Gasteiger partial charge in [0.2, 0.25) is 0 Å². The predicted molar refractivity (Wildman–Crippen MR) is 108 cm³/mol. The Labute approximate surface area is 163 Å². The molecule has 2 aliphatic rings. The third kappa shape index (κ3) is 4.61. The number of nitrogens with one attached hydrogen (secondary N) is 1. The molecular weight excluding hydrogens is 340 g/mol. The Morgan fingerprint density at radius 1 is 1.26 bits per heavy atom. The van der Waals surface area contributed by atoms with E-state index in [1.165, 1.54) is 12.8 Å². The van der Waals surface area contributed by atoms with E-state index in [2.05, 4.69) is 40.9 Å². The lowest BCUT2D eigenvalue weighted by Gasteiger charge is -2.45. The van der Waals surface area contributed by atoms with Crippen molar-refractivity contribution < 1.29 is 9.53 Å². The smallest absolute Gasteiger partial charge is 0.269 e. The summed E-state index contributed by atoms with van der Waals surface area (Å²) in [5.74, 6) is 0.494. The van der Waals surface area contributed by atoms with Gasteiger partial charge in [-0.25, -0.2) is 4.98 Å². The van der Waals surface area contributed by atoms with Crippen LogP contribution in [0.4, 0.5) is 5.69 Å². The molecule has 2 aliphatic heterocycles. The van der Waals surface area contributed by atoms with E-state index in [9.17, 15) is 4.79 Å². The number of amides is 1. The summed E-state index contributed by atoms with van der Waals surface area (Å²) in [4.78, 5) is 20.9. The summed E-state index contributed by atoms with van der Waals surface area (Å²) in [5, 5.41) is 2.61. The fourth-order valence-corrected chi connectivity index (χ4v) is 4.08. The van der Waals surface area contributed by atoms with Crippen LogP contribution in [0, 0.1) is 11.3 Å². The Balaban J connectivity index is 1.55. The zero-order valence-corrected chi connectivity index (χ0v) is 17.2. The molecule has 3 heterocycles. The Morgan fingerprint density at radius 2 is 2.00 bits per heavy atom. The van der Waals surface area contributed by atoms with Crippen molar-refractivity contribution in [2.75, 3.05) is 51.3 Å². The Hall–Kier alpha value is -1.66. The lowest BCUT2D eigenvalue weighted by molar-refractivity contribution is -0.0504. The van der Waals surface area contributed by atoms with E-state index in [1.54, 1.807) is 13.1 Å². The number of ether oxygens (including phenoxy) is 1. The van der Waals surface area contributed by atoms with Crippen molar-refractivity contribution in [1.82, 2.24) is 15.2 Å². The van der Waals surface area contributed by atoms with E-state index < -0.39 is 0 Å². The molecule has 2 fully saturated rings. The number of aromatic nitrogens is 1. The molecule has 0 aliphatic carbocycles. The molecule has 2 saturated heterocycles. The number of rotatable bonds is 5. The van der Waals surface area contributed by atoms with Crippen LogP contribution in [-0.4, -0.2) is 68.3 Å². The first-order valence-electron chi connectivity index (χ1n) is 10.2. The van der Waals surface area contributed by atoms with Gasteiger partial charge in [0.05, 0.1) is 25.1 Å². The number of piperazine rings is 1. The second-order valence-electron chi connectivity index (χ2n) is 8.47. The van der Waals surface area contributed by atoms with E-state index in [4.69, 9.17) is 4.74 Å². The van der Waals surface area contributed by atoms with Crippen LogP contribution in [0.2, 0.25) is 0 Å². The molecule has 0 bridgehead atoms. The Morgan fingerprint density at radius 3 is 2.59 bits per heavy atom. The second kappa shape index (κ2) is 8.57. The summed E-state index contributed by atoms with van der Waals surface area (Å²) in [7, 11) is 1.62.